The van der Waals surface area contributed by atoms with Gasteiger partial charge in [-0.25, -0.2) is 9.59 Å². The minimum absolute atomic E-state index is 0.399. The fraction of sp³-hybridized carbons (Fsp3) is 0. The third-order valence-corrected chi connectivity index (χ3v) is 3.56. The van der Waals surface area contributed by atoms with E-state index in [-0.39, 0.29) is 0 Å². The Bertz CT molecular complexity index is 1050. The van der Waals surface area contributed by atoms with Crippen molar-refractivity contribution in [3.63, 3.8) is 0 Å². The van der Waals surface area contributed by atoms with Crippen LogP contribution in [-0.4, -0.2) is 0 Å². The minimum Gasteiger partial charge on any atom is -0.423 e. The molecule has 106 valence electrons. The topological polar surface area (TPSA) is 60.4 Å². The molecule has 0 amide bonds. The highest BCUT2D eigenvalue weighted by Crippen LogP contribution is 2.17. The molecule has 0 spiro atoms. The smallest absolute Gasteiger partial charge is 0.343 e. The van der Waals surface area contributed by atoms with Crippen LogP contribution in [-0.2, 0) is 0 Å². The summed E-state index contributed by atoms with van der Waals surface area (Å²) in [7, 11) is 0. The van der Waals surface area contributed by atoms with E-state index in [0.717, 1.165) is 10.8 Å². The van der Waals surface area contributed by atoms with Gasteiger partial charge in [0.1, 0.15) is 11.2 Å². The lowest BCUT2D eigenvalue weighted by Gasteiger charge is -1.97. The number of hydrogen-bond acceptors (Lipinski definition) is 4. The third kappa shape index (κ3) is 2.11. The summed E-state index contributed by atoms with van der Waals surface area (Å²) in [6, 6.07) is 16.8. The van der Waals surface area contributed by atoms with Gasteiger partial charge in [0, 0.05) is 0 Å². The second kappa shape index (κ2) is 4.70. The van der Waals surface area contributed by atoms with Crippen LogP contribution in [0.3, 0.4) is 0 Å². The van der Waals surface area contributed by atoms with Crippen LogP contribution in [0.5, 0.6) is 0 Å². The molecule has 4 nitrogen and oxygen atoms in total. The second-order valence-corrected chi connectivity index (χ2v) is 5.03. The fourth-order valence-electron chi connectivity index (χ4n) is 2.41. The molecule has 0 radical (unpaired) electrons. The molecule has 0 fully saturated rings. The SMILES string of the molecule is O=c1oc2ccc(cc2)oc(=O)c2ccc3cc1ccc3c2. The van der Waals surface area contributed by atoms with Gasteiger partial charge in [-0.05, 0) is 59.3 Å². The minimum atomic E-state index is -0.423. The van der Waals surface area contributed by atoms with E-state index in [2.05, 4.69) is 0 Å². The van der Waals surface area contributed by atoms with Crippen LogP contribution in [0.15, 0.2) is 79.1 Å². The molecule has 3 aromatic carbocycles. The zero-order valence-electron chi connectivity index (χ0n) is 11.4. The molecule has 0 N–H and O–H groups in total. The monoisotopic (exact) mass is 290 g/mol. The third-order valence-electron chi connectivity index (χ3n) is 3.56. The Balaban J connectivity index is 2.31. The first-order valence-electron chi connectivity index (χ1n) is 6.77. The zero-order chi connectivity index (χ0) is 15.1. The summed E-state index contributed by atoms with van der Waals surface area (Å²) in [6.07, 6.45) is 0. The van der Waals surface area contributed by atoms with Crippen LogP contribution in [0.1, 0.15) is 0 Å². The lowest BCUT2D eigenvalue weighted by Crippen LogP contribution is -1.97. The molecular weight excluding hydrogens is 280 g/mol. The molecule has 22 heavy (non-hydrogen) atoms. The van der Waals surface area contributed by atoms with Crippen molar-refractivity contribution in [1.29, 1.82) is 0 Å². The first-order chi connectivity index (χ1) is 10.7. The normalized spacial score (nSPS) is 11.1. The van der Waals surface area contributed by atoms with Gasteiger partial charge in [-0.1, -0.05) is 12.1 Å². The van der Waals surface area contributed by atoms with Gasteiger partial charge in [0.05, 0.1) is 10.8 Å². The Morgan fingerprint density at radius 1 is 0.500 bits per heavy atom. The van der Waals surface area contributed by atoms with E-state index < -0.39 is 11.3 Å². The Hall–Kier alpha value is -3.14. The Morgan fingerprint density at radius 2 is 0.864 bits per heavy atom. The maximum Gasteiger partial charge on any atom is 0.343 e. The zero-order valence-corrected chi connectivity index (χ0v) is 11.4. The number of rotatable bonds is 0. The van der Waals surface area contributed by atoms with E-state index in [1.807, 2.05) is 0 Å². The van der Waals surface area contributed by atoms with Crippen LogP contribution in [0.2, 0.25) is 0 Å². The molecule has 8 rings (SSSR count). The van der Waals surface area contributed by atoms with Crippen molar-refractivity contribution in [2.24, 2.45) is 0 Å². The molecule has 0 aliphatic rings. The van der Waals surface area contributed by atoms with Crippen molar-refractivity contribution in [3.05, 3.63) is 81.5 Å². The molecular formula is C18H10O4. The summed E-state index contributed by atoms with van der Waals surface area (Å²) >= 11 is 0. The number of hydrogen-bond donors (Lipinski definition) is 0. The van der Waals surface area contributed by atoms with Crippen LogP contribution < -0.4 is 11.3 Å². The van der Waals surface area contributed by atoms with Gasteiger partial charge in [0.2, 0.25) is 0 Å². The summed E-state index contributed by atoms with van der Waals surface area (Å²) in [5.41, 5.74) is -0.0488. The Kier molecular flexibility index (Phi) is 2.69. The second-order valence-electron chi connectivity index (χ2n) is 5.03. The first-order valence-corrected chi connectivity index (χ1v) is 6.77. The molecule has 0 atom stereocenters. The highest BCUT2D eigenvalue weighted by molar-refractivity contribution is 5.90. The van der Waals surface area contributed by atoms with E-state index in [1.54, 1.807) is 60.7 Å². The fourth-order valence-corrected chi connectivity index (χ4v) is 2.41. The largest absolute Gasteiger partial charge is 0.423 e. The molecule has 5 aromatic heterocycles. The Labute approximate surface area is 123 Å². The average Bonchev–Trinajstić information content (AvgIpc) is 2.55. The van der Waals surface area contributed by atoms with E-state index >= 15 is 0 Å². The Morgan fingerprint density at radius 3 is 1.27 bits per heavy atom. The van der Waals surface area contributed by atoms with Crippen molar-refractivity contribution >= 4 is 32.7 Å². The molecule has 0 aliphatic heterocycles. The lowest BCUT2D eigenvalue weighted by molar-refractivity contribution is 0.560. The summed E-state index contributed by atoms with van der Waals surface area (Å²) in [4.78, 5) is 24.3. The molecule has 0 unspecified atom stereocenters. The molecule has 5 heterocycles. The average molecular weight is 290 g/mol. The molecule has 0 aliphatic carbocycles. The summed E-state index contributed by atoms with van der Waals surface area (Å²) in [6.45, 7) is 0. The van der Waals surface area contributed by atoms with Gasteiger partial charge >= 0.3 is 11.3 Å². The van der Waals surface area contributed by atoms with Crippen LogP contribution >= 0.6 is 0 Å². The van der Waals surface area contributed by atoms with E-state index in [4.69, 9.17) is 8.83 Å². The molecule has 0 saturated heterocycles. The van der Waals surface area contributed by atoms with Crippen molar-refractivity contribution < 1.29 is 8.83 Å². The predicted molar refractivity (Wildman–Crippen MR) is 84.8 cm³/mol. The molecule has 8 aromatic rings. The number of benzene rings is 3. The van der Waals surface area contributed by atoms with Crippen molar-refractivity contribution in [1.82, 2.24) is 0 Å². The van der Waals surface area contributed by atoms with Gasteiger partial charge in [-0.2, -0.15) is 0 Å². The maximum absolute atomic E-state index is 12.2. The highest BCUT2D eigenvalue weighted by Gasteiger charge is 2.00. The summed E-state index contributed by atoms with van der Waals surface area (Å²) < 4.78 is 10.6. The van der Waals surface area contributed by atoms with E-state index in [0.29, 0.717) is 21.9 Å². The summed E-state index contributed by atoms with van der Waals surface area (Å²) in [5.74, 6) is 0. The highest BCUT2D eigenvalue weighted by atomic mass is 16.4. The van der Waals surface area contributed by atoms with Gasteiger partial charge in [-0.15, -0.1) is 0 Å². The van der Waals surface area contributed by atoms with Crippen LogP contribution in [0.4, 0.5) is 0 Å². The quantitative estimate of drug-likeness (QED) is 0.496. The lowest BCUT2D eigenvalue weighted by atomic mass is 10.1. The standard InChI is InChI=1S/C18H10O4/c19-17-13-3-1-11-9-14(4-2-12(11)10-13)18(20)22-16-7-5-15(21-17)6-8-16/h1-10H. The van der Waals surface area contributed by atoms with Gasteiger partial charge in [-0.3, -0.25) is 0 Å². The first kappa shape index (κ1) is 12.6. The summed E-state index contributed by atoms with van der Waals surface area (Å²) in [5, 5.41) is 2.64. The van der Waals surface area contributed by atoms with E-state index in [9.17, 15) is 9.59 Å². The van der Waals surface area contributed by atoms with Gasteiger partial charge < -0.3 is 8.83 Å². The molecule has 4 heteroatoms. The maximum atomic E-state index is 12.2. The van der Waals surface area contributed by atoms with Gasteiger partial charge in [0.25, 0.3) is 0 Å². The van der Waals surface area contributed by atoms with Crippen molar-refractivity contribution in [2.75, 3.05) is 0 Å². The van der Waals surface area contributed by atoms with Crippen LogP contribution in [0, 0.1) is 0 Å². The molecule has 6 bridgehead atoms. The van der Waals surface area contributed by atoms with Crippen LogP contribution in [0.25, 0.3) is 32.7 Å². The molecule has 0 saturated carbocycles. The van der Waals surface area contributed by atoms with Gasteiger partial charge in [0.15, 0.2) is 0 Å². The predicted octanol–water partition coefficient (Wildman–Crippen LogP) is 3.61. The van der Waals surface area contributed by atoms with Crippen molar-refractivity contribution in [2.45, 2.75) is 0 Å². The van der Waals surface area contributed by atoms with Crippen molar-refractivity contribution in [3.8, 4) is 0 Å². The van der Waals surface area contributed by atoms with E-state index in [1.165, 1.54) is 0 Å².